The van der Waals surface area contributed by atoms with Crippen LogP contribution < -0.4 is 0 Å². The summed E-state index contributed by atoms with van der Waals surface area (Å²) in [6.45, 7) is 6.50. The van der Waals surface area contributed by atoms with E-state index in [0.717, 1.165) is 6.42 Å². The van der Waals surface area contributed by atoms with E-state index in [4.69, 9.17) is 0 Å². The van der Waals surface area contributed by atoms with Crippen molar-refractivity contribution in [3.63, 3.8) is 0 Å². The average molecular weight is 152 g/mol. The zero-order valence-corrected chi connectivity index (χ0v) is 7.76. The van der Waals surface area contributed by atoms with Gasteiger partial charge in [-0.15, -0.1) is 0 Å². The highest BCUT2D eigenvalue weighted by molar-refractivity contribution is 5.08. The Morgan fingerprint density at radius 3 is 2.55 bits per heavy atom. The van der Waals surface area contributed by atoms with Crippen LogP contribution in [0.2, 0.25) is 0 Å². The third kappa shape index (κ3) is 2.07. The maximum Gasteiger partial charge on any atom is 0.0629 e. The van der Waals surface area contributed by atoms with Gasteiger partial charge in [-0.2, -0.15) is 5.10 Å². The first-order valence-electron chi connectivity index (χ1n) is 4.09. The Labute approximate surface area is 68.2 Å². The molecule has 0 unspecified atom stereocenters. The van der Waals surface area contributed by atoms with Crippen LogP contribution in [0.25, 0.3) is 0 Å². The van der Waals surface area contributed by atoms with Crippen molar-refractivity contribution in [3.05, 3.63) is 17.5 Å². The van der Waals surface area contributed by atoms with Crippen LogP contribution in [-0.4, -0.2) is 9.78 Å². The normalized spacial score (nSPS) is 11.0. The van der Waals surface area contributed by atoms with E-state index >= 15 is 0 Å². The van der Waals surface area contributed by atoms with Crippen LogP contribution in [0.3, 0.4) is 0 Å². The number of aromatic nitrogens is 2. The molecule has 0 aromatic carbocycles. The van der Waals surface area contributed by atoms with Crippen molar-refractivity contribution in [3.8, 4) is 0 Å². The Balaban J connectivity index is 2.73. The lowest BCUT2D eigenvalue weighted by atomic mass is 10.1. The van der Waals surface area contributed by atoms with Crippen LogP contribution in [0, 0.1) is 12.8 Å². The van der Waals surface area contributed by atoms with Gasteiger partial charge in [0.05, 0.1) is 5.69 Å². The first-order valence-corrected chi connectivity index (χ1v) is 4.09. The zero-order valence-electron chi connectivity index (χ0n) is 7.76. The Hall–Kier alpha value is -0.790. The second-order valence-electron chi connectivity index (χ2n) is 3.50. The van der Waals surface area contributed by atoms with Gasteiger partial charge in [-0.25, -0.2) is 0 Å². The summed E-state index contributed by atoms with van der Waals surface area (Å²) < 4.78 is 1.93. The number of rotatable bonds is 2. The van der Waals surface area contributed by atoms with Crippen molar-refractivity contribution >= 4 is 0 Å². The molecule has 11 heavy (non-hydrogen) atoms. The molecule has 2 heteroatoms. The molecule has 0 radical (unpaired) electrons. The number of nitrogens with zero attached hydrogens (tertiary/aromatic N) is 2. The molecule has 0 fully saturated rings. The van der Waals surface area contributed by atoms with Crippen LogP contribution in [0.4, 0.5) is 0 Å². The molecule has 0 saturated heterocycles. The average Bonchev–Trinajstić information content (AvgIpc) is 2.10. The summed E-state index contributed by atoms with van der Waals surface area (Å²) in [5, 5.41) is 4.37. The number of hydrogen-bond acceptors (Lipinski definition) is 1. The molecule has 0 aliphatic rings. The number of hydrogen-bond donors (Lipinski definition) is 0. The molecule has 1 aromatic rings. The van der Waals surface area contributed by atoms with E-state index in [1.165, 1.54) is 11.4 Å². The van der Waals surface area contributed by atoms with Gasteiger partial charge < -0.3 is 0 Å². The van der Waals surface area contributed by atoms with Crippen molar-refractivity contribution in [2.24, 2.45) is 13.0 Å². The predicted octanol–water partition coefficient (Wildman–Crippen LogP) is 1.93. The maximum atomic E-state index is 4.37. The molecule has 1 aromatic heterocycles. The van der Waals surface area contributed by atoms with Crippen molar-refractivity contribution in [2.75, 3.05) is 0 Å². The molecule has 0 aliphatic heterocycles. The highest BCUT2D eigenvalue weighted by Gasteiger charge is 2.02. The first kappa shape index (κ1) is 8.31. The predicted molar refractivity (Wildman–Crippen MR) is 46.5 cm³/mol. The Bertz CT molecular complexity index is 216. The van der Waals surface area contributed by atoms with E-state index in [9.17, 15) is 0 Å². The van der Waals surface area contributed by atoms with Gasteiger partial charge in [0.2, 0.25) is 0 Å². The molecular weight excluding hydrogens is 136 g/mol. The van der Waals surface area contributed by atoms with Crippen molar-refractivity contribution in [1.29, 1.82) is 0 Å². The van der Waals surface area contributed by atoms with E-state index in [0.29, 0.717) is 5.92 Å². The monoisotopic (exact) mass is 152 g/mol. The van der Waals surface area contributed by atoms with Gasteiger partial charge in [-0.1, -0.05) is 13.8 Å². The van der Waals surface area contributed by atoms with Crippen LogP contribution in [0.1, 0.15) is 25.2 Å². The Kier molecular flexibility index (Phi) is 2.32. The summed E-state index contributed by atoms with van der Waals surface area (Å²) in [5.41, 5.74) is 2.45. The van der Waals surface area contributed by atoms with E-state index in [2.05, 4.69) is 31.9 Å². The summed E-state index contributed by atoms with van der Waals surface area (Å²) in [5.74, 6) is 0.698. The zero-order chi connectivity index (χ0) is 8.43. The third-order valence-electron chi connectivity index (χ3n) is 1.78. The fourth-order valence-electron chi connectivity index (χ4n) is 1.15. The summed E-state index contributed by atoms with van der Waals surface area (Å²) in [6.07, 6.45) is 1.08. The third-order valence-corrected chi connectivity index (χ3v) is 1.78. The lowest BCUT2D eigenvalue weighted by Gasteiger charge is -1.98. The van der Waals surface area contributed by atoms with E-state index in [1.54, 1.807) is 0 Å². The smallest absolute Gasteiger partial charge is 0.0629 e. The molecule has 0 saturated carbocycles. The summed E-state index contributed by atoms with van der Waals surface area (Å²) in [7, 11) is 1.99. The minimum Gasteiger partial charge on any atom is -0.273 e. The highest BCUT2D eigenvalue weighted by Crippen LogP contribution is 2.07. The van der Waals surface area contributed by atoms with Crippen molar-refractivity contribution < 1.29 is 0 Å². The van der Waals surface area contributed by atoms with Crippen LogP contribution in [0.5, 0.6) is 0 Å². The molecular formula is C9H16N2. The molecule has 0 atom stereocenters. The minimum atomic E-state index is 0.698. The molecule has 0 aliphatic carbocycles. The molecule has 0 spiro atoms. The minimum absolute atomic E-state index is 0.698. The second-order valence-corrected chi connectivity index (χ2v) is 3.50. The van der Waals surface area contributed by atoms with Gasteiger partial charge in [-0.05, 0) is 25.3 Å². The standard InChI is InChI=1S/C9H16N2/c1-7(2)5-9-6-8(3)11(4)10-9/h6-7H,5H2,1-4H3. The van der Waals surface area contributed by atoms with E-state index in [-0.39, 0.29) is 0 Å². The lowest BCUT2D eigenvalue weighted by molar-refractivity contribution is 0.619. The first-order chi connectivity index (χ1) is 5.09. The van der Waals surface area contributed by atoms with Crippen LogP contribution in [-0.2, 0) is 13.5 Å². The van der Waals surface area contributed by atoms with Crippen LogP contribution in [0.15, 0.2) is 6.07 Å². The largest absolute Gasteiger partial charge is 0.273 e. The summed E-state index contributed by atoms with van der Waals surface area (Å²) in [6, 6.07) is 2.15. The maximum absolute atomic E-state index is 4.37. The number of aryl methyl sites for hydroxylation is 2. The second kappa shape index (κ2) is 3.07. The van der Waals surface area contributed by atoms with Gasteiger partial charge in [0, 0.05) is 12.7 Å². The van der Waals surface area contributed by atoms with Crippen molar-refractivity contribution in [2.45, 2.75) is 27.2 Å². The fourth-order valence-corrected chi connectivity index (χ4v) is 1.15. The Morgan fingerprint density at radius 1 is 1.55 bits per heavy atom. The fraction of sp³-hybridized carbons (Fsp3) is 0.667. The van der Waals surface area contributed by atoms with Gasteiger partial charge in [0.1, 0.15) is 0 Å². The topological polar surface area (TPSA) is 17.8 Å². The molecule has 2 nitrogen and oxygen atoms in total. The van der Waals surface area contributed by atoms with E-state index in [1.807, 2.05) is 11.7 Å². The van der Waals surface area contributed by atoms with Crippen LogP contribution >= 0.6 is 0 Å². The molecule has 1 heterocycles. The van der Waals surface area contributed by atoms with E-state index < -0.39 is 0 Å². The molecule has 0 N–H and O–H groups in total. The van der Waals surface area contributed by atoms with Gasteiger partial charge >= 0.3 is 0 Å². The summed E-state index contributed by atoms with van der Waals surface area (Å²) in [4.78, 5) is 0. The van der Waals surface area contributed by atoms with Gasteiger partial charge in [0.15, 0.2) is 0 Å². The highest BCUT2D eigenvalue weighted by atomic mass is 15.3. The van der Waals surface area contributed by atoms with Crippen molar-refractivity contribution in [1.82, 2.24) is 9.78 Å². The SMILES string of the molecule is Cc1cc(CC(C)C)nn1C. The Morgan fingerprint density at radius 2 is 2.18 bits per heavy atom. The molecule has 62 valence electrons. The molecule has 1 rings (SSSR count). The van der Waals surface area contributed by atoms with Gasteiger partial charge in [0.25, 0.3) is 0 Å². The molecule has 0 bridgehead atoms. The quantitative estimate of drug-likeness (QED) is 0.633. The molecule has 0 amide bonds. The lowest BCUT2D eigenvalue weighted by Crippen LogP contribution is -1.97. The summed E-state index contributed by atoms with van der Waals surface area (Å²) >= 11 is 0. The van der Waals surface area contributed by atoms with Gasteiger partial charge in [-0.3, -0.25) is 4.68 Å².